The lowest BCUT2D eigenvalue weighted by Gasteiger charge is -2.13. The van der Waals surface area contributed by atoms with Gasteiger partial charge in [-0.15, -0.1) is 0 Å². The molecule has 1 heterocycles. The Morgan fingerprint density at radius 3 is 2.71 bits per heavy atom. The average molecular weight is 325 g/mol. The third-order valence-electron chi connectivity index (χ3n) is 3.61. The van der Waals surface area contributed by atoms with Crippen LogP contribution in [0.5, 0.6) is 0 Å². The summed E-state index contributed by atoms with van der Waals surface area (Å²) in [7, 11) is 0. The number of nitrogens with one attached hydrogen (secondary N) is 1. The minimum atomic E-state index is -0.685. The van der Waals surface area contributed by atoms with Gasteiger partial charge < -0.3 is 4.74 Å². The van der Waals surface area contributed by atoms with Crippen LogP contribution in [0.15, 0.2) is 48.5 Å². The molecule has 0 saturated carbocycles. The number of carbonyl (C=O) groups is 1. The van der Waals surface area contributed by atoms with Crippen LogP contribution in [0, 0.1) is 11.2 Å². The van der Waals surface area contributed by atoms with E-state index in [9.17, 15) is 9.18 Å². The molecule has 3 rings (SSSR count). The Balaban J connectivity index is 2.21. The van der Waals surface area contributed by atoms with E-state index in [1.54, 1.807) is 17.7 Å². The molecule has 2 aromatic carbocycles. The van der Waals surface area contributed by atoms with E-state index in [0.717, 1.165) is 5.56 Å². The van der Waals surface area contributed by atoms with Crippen molar-refractivity contribution in [2.75, 3.05) is 6.61 Å². The van der Waals surface area contributed by atoms with Gasteiger partial charge in [0.2, 0.25) is 0 Å². The van der Waals surface area contributed by atoms with Crippen molar-refractivity contribution in [2.45, 2.75) is 13.5 Å². The number of halogens is 1. The highest BCUT2D eigenvalue weighted by molar-refractivity contribution is 5.91. The molecular weight excluding hydrogens is 309 g/mol. The highest BCUT2D eigenvalue weighted by atomic mass is 19.1. The van der Waals surface area contributed by atoms with Crippen molar-refractivity contribution in [3.8, 4) is 0 Å². The van der Waals surface area contributed by atoms with Crippen LogP contribution in [0.25, 0.3) is 10.9 Å². The average Bonchev–Trinajstić information content (AvgIpc) is 2.58. The Kier molecular flexibility index (Phi) is 4.37. The summed E-state index contributed by atoms with van der Waals surface area (Å²) in [5.41, 5.74) is 1.44. The zero-order chi connectivity index (χ0) is 17.1. The van der Waals surface area contributed by atoms with Crippen LogP contribution in [0.4, 0.5) is 4.39 Å². The molecule has 0 spiro atoms. The Bertz CT molecular complexity index is 952. The maximum atomic E-state index is 13.6. The number of esters is 1. The van der Waals surface area contributed by atoms with Gasteiger partial charge in [0, 0.05) is 5.39 Å². The van der Waals surface area contributed by atoms with Crippen molar-refractivity contribution in [1.29, 1.82) is 5.41 Å². The molecule has 0 fully saturated rings. The first kappa shape index (κ1) is 15.9. The van der Waals surface area contributed by atoms with Crippen LogP contribution in [-0.2, 0) is 11.3 Å². The molecule has 0 radical (unpaired) electrons. The SMILES string of the molecule is CCOC(=O)c1nn(Cc2ccccc2)c2ccc(F)cc2c1=N. The largest absolute Gasteiger partial charge is 0.461 e. The van der Waals surface area contributed by atoms with Gasteiger partial charge in [0.15, 0.2) is 5.69 Å². The number of hydrogen-bond acceptors (Lipinski definition) is 4. The second kappa shape index (κ2) is 6.62. The summed E-state index contributed by atoms with van der Waals surface area (Å²) in [5.74, 6) is -1.15. The fourth-order valence-electron chi connectivity index (χ4n) is 2.50. The van der Waals surface area contributed by atoms with Gasteiger partial charge in [-0.3, -0.25) is 10.1 Å². The quantitative estimate of drug-likeness (QED) is 0.750. The molecule has 0 amide bonds. The number of hydrogen-bond donors (Lipinski definition) is 1. The second-order valence-electron chi connectivity index (χ2n) is 5.25. The van der Waals surface area contributed by atoms with E-state index in [1.165, 1.54) is 12.1 Å². The van der Waals surface area contributed by atoms with Crippen LogP contribution in [-0.4, -0.2) is 22.4 Å². The molecule has 1 N–H and O–H groups in total. The predicted molar refractivity (Wildman–Crippen MR) is 87.0 cm³/mol. The zero-order valence-corrected chi connectivity index (χ0v) is 13.1. The molecule has 122 valence electrons. The summed E-state index contributed by atoms with van der Waals surface area (Å²) in [5, 5.41) is 12.6. The van der Waals surface area contributed by atoms with Crippen molar-refractivity contribution in [3.63, 3.8) is 0 Å². The highest BCUT2D eigenvalue weighted by Gasteiger charge is 2.16. The molecule has 0 aliphatic carbocycles. The van der Waals surface area contributed by atoms with Crippen LogP contribution < -0.4 is 5.36 Å². The first-order valence-electron chi connectivity index (χ1n) is 7.56. The van der Waals surface area contributed by atoms with Crippen LogP contribution in [0.3, 0.4) is 0 Å². The molecular formula is C18H16FN3O2. The standard InChI is InChI=1S/C18H16FN3O2/c1-2-24-18(23)17-16(20)14-10-13(19)8-9-15(14)22(21-17)11-12-6-4-3-5-7-12/h3-10,20H,2,11H2,1H3. The first-order chi connectivity index (χ1) is 11.6. The summed E-state index contributed by atoms with van der Waals surface area (Å²) >= 11 is 0. The number of fused-ring (bicyclic) bond motifs is 1. The van der Waals surface area contributed by atoms with Crippen LogP contribution >= 0.6 is 0 Å². The molecule has 1 aromatic heterocycles. The monoisotopic (exact) mass is 325 g/mol. The van der Waals surface area contributed by atoms with Crippen molar-refractivity contribution >= 4 is 16.9 Å². The number of benzene rings is 2. The third-order valence-corrected chi connectivity index (χ3v) is 3.61. The lowest BCUT2D eigenvalue weighted by atomic mass is 10.1. The summed E-state index contributed by atoms with van der Waals surface area (Å²) in [6.45, 7) is 2.26. The summed E-state index contributed by atoms with van der Waals surface area (Å²) in [4.78, 5) is 12.1. The molecule has 3 aromatic rings. The van der Waals surface area contributed by atoms with Crippen LogP contribution in [0.1, 0.15) is 23.0 Å². The third kappa shape index (κ3) is 3.03. The Labute approximate surface area is 137 Å². The number of ether oxygens (including phenoxy) is 1. The minimum Gasteiger partial charge on any atom is -0.461 e. The smallest absolute Gasteiger partial charge is 0.361 e. The van der Waals surface area contributed by atoms with Gasteiger partial charge in [-0.05, 0) is 30.7 Å². The maximum Gasteiger partial charge on any atom is 0.361 e. The molecule has 24 heavy (non-hydrogen) atoms. The van der Waals surface area contributed by atoms with Gasteiger partial charge in [0.25, 0.3) is 0 Å². The summed E-state index contributed by atoms with van der Waals surface area (Å²) in [6.07, 6.45) is 0. The molecule has 0 atom stereocenters. The molecule has 0 saturated heterocycles. The highest BCUT2D eigenvalue weighted by Crippen LogP contribution is 2.14. The van der Waals surface area contributed by atoms with Gasteiger partial charge >= 0.3 is 5.97 Å². The van der Waals surface area contributed by atoms with Gasteiger partial charge in [0.1, 0.15) is 5.82 Å². The van der Waals surface area contributed by atoms with E-state index in [4.69, 9.17) is 10.1 Å². The van der Waals surface area contributed by atoms with E-state index in [1.807, 2.05) is 30.3 Å². The lowest BCUT2D eigenvalue weighted by Crippen LogP contribution is -2.25. The van der Waals surface area contributed by atoms with E-state index in [2.05, 4.69) is 5.10 Å². The summed E-state index contributed by atoms with van der Waals surface area (Å²) in [6, 6.07) is 13.7. The number of rotatable bonds is 4. The summed E-state index contributed by atoms with van der Waals surface area (Å²) < 4.78 is 20.2. The molecule has 0 aliphatic rings. The lowest BCUT2D eigenvalue weighted by molar-refractivity contribution is 0.0514. The Morgan fingerprint density at radius 1 is 1.25 bits per heavy atom. The number of nitrogens with zero attached hydrogens (tertiary/aromatic N) is 2. The van der Waals surface area contributed by atoms with Gasteiger partial charge in [0.05, 0.1) is 24.0 Å². The first-order valence-corrected chi connectivity index (χ1v) is 7.56. The van der Waals surface area contributed by atoms with E-state index >= 15 is 0 Å². The van der Waals surface area contributed by atoms with Crippen molar-refractivity contribution < 1.29 is 13.9 Å². The number of carbonyl (C=O) groups excluding carboxylic acids is 1. The van der Waals surface area contributed by atoms with Gasteiger partial charge in [-0.2, -0.15) is 5.10 Å². The number of aromatic nitrogens is 2. The topological polar surface area (TPSA) is 68.0 Å². The Hall–Kier alpha value is -3.02. The zero-order valence-electron chi connectivity index (χ0n) is 13.1. The van der Waals surface area contributed by atoms with Gasteiger partial charge in [-0.1, -0.05) is 30.3 Å². The van der Waals surface area contributed by atoms with E-state index in [0.29, 0.717) is 17.4 Å². The van der Waals surface area contributed by atoms with Crippen LogP contribution in [0.2, 0.25) is 0 Å². The fraction of sp³-hybridized carbons (Fsp3) is 0.167. The molecule has 0 aliphatic heterocycles. The van der Waals surface area contributed by atoms with Gasteiger partial charge in [-0.25, -0.2) is 9.18 Å². The normalized spacial score (nSPS) is 10.8. The minimum absolute atomic E-state index is 0.120. The van der Waals surface area contributed by atoms with E-state index < -0.39 is 11.8 Å². The van der Waals surface area contributed by atoms with Crippen molar-refractivity contribution in [2.24, 2.45) is 0 Å². The fourth-order valence-corrected chi connectivity index (χ4v) is 2.50. The molecule has 6 heteroatoms. The molecule has 0 bridgehead atoms. The second-order valence-corrected chi connectivity index (χ2v) is 5.25. The van der Waals surface area contributed by atoms with Crippen molar-refractivity contribution in [3.05, 3.63) is 71.0 Å². The molecule has 5 nitrogen and oxygen atoms in total. The maximum absolute atomic E-state index is 13.6. The van der Waals surface area contributed by atoms with Crippen molar-refractivity contribution in [1.82, 2.24) is 9.78 Å². The molecule has 0 unspecified atom stereocenters. The predicted octanol–water partition coefficient (Wildman–Crippen LogP) is 2.88. The Morgan fingerprint density at radius 2 is 2.00 bits per heavy atom. The van der Waals surface area contributed by atoms with E-state index in [-0.39, 0.29) is 17.7 Å².